The van der Waals surface area contributed by atoms with Gasteiger partial charge in [-0.2, -0.15) is 5.10 Å². The Morgan fingerprint density at radius 1 is 1.10 bits per heavy atom. The van der Waals surface area contributed by atoms with E-state index in [9.17, 15) is 9.90 Å². The van der Waals surface area contributed by atoms with Gasteiger partial charge in [-0.25, -0.2) is 9.48 Å². The predicted molar refractivity (Wildman–Crippen MR) is 112 cm³/mol. The summed E-state index contributed by atoms with van der Waals surface area (Å²) in [6.07, 6.45) is 0. The van der Waals surface area contributed by atoms with Crippen molar-refractivity contribution in [3.63, 3.8) is 0 Å². The Labute approximate surface area is 173 Å². The van der Waals surface area contributed by atoms with Crippen LogP contribution in [0.1, 0.15) is 21.6 Å². The van der Waals surface area contributed by atoms with Crippen molar-refractivity contribution in [1.82, 2.24) is 14.7 Å². The molecule has 3 heterocycles. The fourth-order valence-corrected chi connectivity index (χ4v) is 4.99. The van der Waals surface area contributed by atoms with E-state index in [1.807, 2.05) is 30.3 Å². The number of hydrogen-bond donors (Lipinski definition) is 1. The van der Waals surface area contributed by atoms with E-state index in [2.05, 4.69) is 28.2 Å². The highest BCUT2D eigenvalue weighted by atomic mass is 32.2. The monoisotopic (exact) mass is 407 g/mol. The minimum Gasteiger partial charge on any atom is -0.476 e. The van der Waals surface area contributed by atoms with Gasteiger partial charge >= 0.3 is 5.97 Å². The van der Waals surface area contributed by atoms with Crippen molar-refractivity contribution in [2.24, 2.45) is 0 Å². The molecular weight excluding hydrogens is 386 g/mol. The first-order valence-corrected chi connectivity index (χ1v) is 10.7. The summed E-state index contributed by atoms with van der Waals surface area (Å²) in [6, 6.07) is 16.4. The van der Waals surface area contributed by atoms with Crippen molar-refractivity contribution in [3.05, 3.63) is 65.4 Å². The fraction of sp³-hybridized carbons (Fsp3) is 0.273. The van der Waals surface area contributed by atoms with Crippen LogP contribution >= 0.6 is 11.8 Å². The third-order valence-electron chi connectivity index (χ3n) is 5.39. The van der Waals surface area contributed by atoms with Gasteiger partial charge < -0.3 is 9.84 Å². The Morgan fingerprint density at radius 3 is 2.62 bits per heavy atom. The van der Waals surface area contributed by atoms with Gasteiger partial charge in [-0.1, -0.05) is 30.3 Å². The molecule has 0 unspecified atom stereocenters. The van der Waals surface area contributed by atoms with Crippen molar-refractivity contribution in [2.75, 3.05) is 26.3 Å². The highest BCUT2D eigenvalue weighted by molar-refractivity contribution is 7.98. The Kier molecular flexibility index (Phi) is 4.87. The molecule has 1 N–H and O–H groups in total. The number of benzene rings is 2. The van der Waals surface area contributed by atoms with E-state index in [0.717, 1.165) is 60.3 Å². The summed E-state index contributed by atoms with van der Waals surface area (Å²) in [4.78, 5) is 15.3. The molecule has 148 valence electrons. The molecule has 2 aliphatic heterocycles. The number of hydrogen-bond acceptors (Lipinski definition) is 5. The van der Waals surface area contributed by atoms with Crippen LogP contribution in [0.4, 0.5) is 0 Å². The van der Waals surface area contributed by atoms with Crippen LogP contribution < -0.4 is 0 Å². The lowest BCUT2D eigenvalue weighted by molar-refractivity contribution is 0.0342. The van der Waals surface area contributed by atoms with Crippen LogP contribution in [0.2, 0.25) is 0 Å². The van der Waals surface area contributed by atoms with Gasteiger partial charge in [-0.3, -0.25) is 4.90 Å². The Morgan fingerprint density at radius 2 is 1.86 bits per heavy atom. The van der Waals surface area contributed by atoms with E-state index in [1.54, 1.807) is 16.4 Å². The summed E-state index contributed by atoms with van der Waals surface area (Å²) in [5.41, 5.74) is 4.96. The second-order valence-electron chi connectivity index (χ2n) is 7.23. The third-order valence-corrected chi connectivity index (χ3v) is 6.49. The Balaban J connectivity index is 1.52. The van der Waals surface area contributed by atoms with Crippen LogP contribution in [-0.2, 0) is 17.0 Å². The van der Waals surface area contributed by atoms with Crippen molar-refractivity contribution in [2.45, 2.75) is 17.2 Å². The molecule has 0 spiro atoms. The van der Waals surface area contributed by atoms with Crippen LogP contribution in [0.5, 0.6) is 0 Å². The number of morpholine rings is 1. The molecule has 1 saturated heterocycles. The van der Waals surface area contributed by atoms with Gasteiger partial charge in [-0.05, 0) is 23.8 Å². The number of carboxylic acids is 1. The van der Waals surface area contributed by atoms with Crippen LogP contribution in [0.15, 0.2) is 53.4 Å². The number of ether oxygens (including phenoxy) is 1. The molecule has 29 heavy (non-hydrogen) atoms. The van der Waals surface area contributed by atoms with E-state index in [1.165, 1.54) is 5.56 Å². The van der Waals surface area contributed by atoms with Crippen LogP contribution in [0, 0.1) is 0 Å². The zero-order valence-corrected chi connectivity index (χ0v) is 16.7. The molecule has 0 radical (unpaired) electrons. The van der Waals surface area contributed by atoms with Crippen molar-refractivity contribution < 1.29 is 14.6 Å². The maximum absolute atomic E-state index is 11.8. The van der Waals surface area contributed by atoms with E-state index in [-0.39, 0.29) is 5.69 Å². The standard InChI is InChI=1S/C22H21N3O3S/c26-22(27)20-18-14-29-19-4-2-1-3-17(19)21(18)25(23-20)16-7-5-15(6-8-16)13-24-9-11-28-12-10-24/h1-8H,9-14H2,(H,26,27). The highest BCUT2D eigenvalue weighted by Gasteiger charge is 2.29. The molecule has 3 aromatic rings. The lowest BCUT2D eigenvalue weighted by Crippen LogP contribution is -2.35. The summed E-state index contributed by atoms with van der Waals surface area (Å²) < 4.78 is 7.20. The van der Waals surface area contributed by atoms with E-state index in [4.69, 9.17) is 4.74 Å². The largest absolute Gasteiger partial charge is 0.476 e. The summed E-state index contributed by atoms with van der Waals surface area (Å²) in [5.74, 6) is -0.368. The SMILES string of the molecule is O=C(O)c1nn(-c2ccc(CN3CCOCC3)cc2)c2c1CSc1ccccc1-2. The topological polar surface area (TPSA) is 67.6 Å². The molecule has 0 saturated carbocycles. The van der Waals surface area contributed by atoms with Gasteiger partial charge in [0.2, 0.25) is 0 Å². The van der Waals surface area contributed by atoms with Gasteiger partial charge in [0, 0.05) is 41.4 Å². The molecule has 7 heteroatoms. The molecule has 2 aliphatic rings. The molecule has 0 atom stereocenters. The van der Waals surface area contributed by atoms with Crippen molar-refractivity contribution in [3.8, 4) is 16.9 Å². The van der Waals surface area contributed by atoms with Gasteiger partial charge in [0.1, 0.15) is 0 Å². The van der Waals surface area contributed by atoms with Gasteiger partial charge in [0.25, 0.3) is 0 Å². The van der Waals surface area contributed by atoms with Crippen LogP contribution in [-0.4, -0.2) is 52.1 Å². The van der Waals surface area contributed by atoms with Gasteiger partial charge in [0.15, 0.2) is 5.69 Å². The minimum absolute atomic E-state index is 0.138. The third kappa shape index (κ3) is 3.46. The quantitative estimate of drug-likeness (QED) is 0.712. The highest BCUT2D eigenvalue weighted by Crippen LogP contribution is 2.43. The molecule has 0 amide bonds. The zero-order valence-electron chi connectivity index (χ0n) is 15.9. The first-order chi connectivity index (χ1) is 14.2. The Hall–Kier alpha value is -2.61. The van der Waals surface area contributed by atoms with Crippen molar-refractivity contribution in [1.29, 1.82) is 0 Å². The number of aromatic nitrogens is 2. The molecule has 1 aromatic heterocycles. The van der Waals surface area contributed by atoms with Crippen molar-refractivity contribution >= 4 is 17.7 Å². The summed E-state index contributed by atoms with van der Waals surface area (Å²) in [7, 11) is 0. The predicted octanol–water partition coefficient (Wildman–Crippen LogP) is 3.68. The summed E-state index contributed by atoms with van der Waals surface area (Å²) in [6.45, 7) is 4.36. The Bertz CT molecular complexity index is 1060. The first-order valence-electron chi connectivity index (χ1n) is 9.67. The maximum Gasteiger partial charge on any atom is 0.356 e. The van der Waals surface area contributed by atoms with Crippen LogP contribution in [0.25, 0.3) is 16.9 Å². The normalized spacial score (nSPS) is 16.3. The number of carbonyl (C=O) groups is 1. The lowest BCUT2D eigenvalue weighted by atomic mass is 10.1. The molecule has 0 bridgehead atoms. The van der Waals surface area contributed by atoms with E-state index in [0.29, 0.717) is 5.75 Å². The smallest absolute Gasteiger partial charge is 0.356 e. The molecule has 0 aliphatic carbocycles. The fourth-order valence-electron chi connectivity index (χ4n) is 3.92. The average molecular weight is 407 g/mol. The summed E-state index contributed by atoms with van der Waals surface area (Å²) >= 11 is 1.66. The van der Waals surface area contributed by atoms with Gasteiger partial charge in [0.05, 0.1) is 24.6 Å². The molecular formula is C22H21N3O3S. The molecule has 2 aromatic carbocycles. The number of nitrogens with zero attached hydrogens (tertiary/aromatic N) is 3. The number of rotatable bonds is 4. The molecule has 6 nitrogen and oxygen atoms in total. The number of thioether (sulfide) groups is 1. The zero-order chi connectivity index (χ0) is 19.8. The number of aromatic carboxylic acids is 1. The van der Waals surface area contributed by atoms with E-state index >= 15 is 0 Å². The molecule has 1 fully saturated rings. The number of fused-ring (bicyclic) bond motifs is 3. The first kappa shape index (κ1) is 18.4. The summed E-state index contributed by atoms with van der Waals surface area (Å²) in [5, 5.41) is 14.2. The van der Waals surface area contributed by atoms with Crippen LogP contribution in [0.3, 0.4) is 0 Å². The maximum atomic E-state index is 11.8. The average Bonchev–Trinajstić information content (AvgIpc) is 3.16. The molecule has 5 rings (SSSR count). The second-order valence-corrected chi connectivity index (χ2v) is 8.25. The lowest BCUT2D eigenvalue weighted by Gasteiger charge is -2.26. The second kappa shape index (κ2) is 7.67. The van der Waals surface area contributed by atoms with E-state index < -0.39 is 5.97 Å². The minimum atomic E-state index is -0.982. The van der Waals surface area contributed by atoms with Gasteiger partial charge in [-0.15, -0.1) is 11.8 Å². The number of carboxylic acid groups (broad SMARTS) is 1.